The minimum Gasteiger partial charge on any atom is -0.484 e. The van der Waals surface area contributed by atoms with E-state index in [1.807, 2.05) is 0 Å². The summed E-state index contributed by atoms with van der Waals surface area (Å²) in [6.07, 6.45) is -3.36. The average molecular weight is 403 g/mol. The molecule has 0 radical (unpaired) electrons. The van der Waals surface area contributed by atoms with Gasteiger partial charge in [0.05, 0.1) is 16.7 Å². The van der Waals surface area contributed by atoms with Crippen molar-refractivity contribution in [1.29, 1.82) is 0 Å². The first-order chi connectivity index (χ1) is 12.5. The number of alkyl halides is 3. The van der Waals surface area contributed by atoms with Crippen LogP contribution in [0.4, 0.5) is 17.6 Å². The van der Waals surface area contributed by atoms with Gasteiger partial charge in [0.15, 0.2) is 6.61 Å². The van der Waals surface area contributed by atoms with Crippen molar-refractivity contribution in [3.63, 3.8) is 0 Å². The molecular weight excluding hydrogens is 390 g/mol. The minimum absolute atomic E-state index is 0.0290. The van der Waals surface area contributed by atoms with Gasteiger partial charge in [0, 0.05) is 11.8 Å². The fourth-order valence-electron chi connectivity index (χ4n) is 2.37. The van der Waals surface area contributed by atoms with Gasteiger partial charge in [0.1, 0.15) is 17.3 Å². The van der Waals surface area contributed by atoms with Crippen molar-refractivity contribution >= 4 is 20.9 Å². The molecule has 6 nitrogen and oxygen atoms in total. The molecule has 0 fully saturated rings. The van der Waals surface area contributed by atoms with Gasteiger partial charge in [0.25, 0.3) is 0 Å². The number of nitrogens with one attached hydrogen (secondary N) is 1. The zero-order chi connectivity index (χ0) is 19.8. The Kier molecular flexibility index (Phi) is 4.81. The third-order valence-electron chi connectivity index (χ3n) is 3.69. The van der Waals surface area contributed by atoms with Crippen LogP contribution in [0.15, 0.2) is 35.6 Å². The van der Waals surface area contributed by atoms with Crippen LogP contribution in [0.1, 0.15) is 11.3 Å². The molecule has 144 valence electrons. The van der Waals surface area contributed by atoms with E-state index in [1.54, 1.807) is 0 Å². The molecule has 1 aromatic carbocycles. The van der Waals surface area contributed by atoms with Crippen molar-refractivity contribution in [3.05, 3.63) is 47.5 Å². The summed E-state index contributed by atoms with van der Waals surface area (Å²) in [4.78, 5) is 10.4. The van der Waals surface area contributed by atoms with Gasteiger partial charge in [-0.05, 0) is 31.2 Å². The van der Waals surface area contributed by atoms with Crippen LogP contribution in [0.5, 0.6) is 5.75 Å². The number of benzene rings is 1. The van der Waals surface area contributed by atoms with Crippen molar-refractivity contribution in [2.75, 3.05) is 6.61 Å². The van der Waals surface area contributed by atoms with Crippen LogP contribution in [0.2, 0.25) is 0 Å². The number of aromatic nitrogens is 3. The summed E-state index contributed by atoms with van der Waals surface area (Å²) in [5, 5.41) is -0.383. The highest BCUT2D eigenvalue weighted by atomic mass is 32.2. The van der Waals surface area contributed by atoms with Gasteiger partial charge in [-0.1, -0.05) is 0 Å². The Morgan fingerprint density at radius 3 is 2.67 bits per heavy atom. The number of hydrogen-bond acceptors (Lipinski definition) is 5. The van der Waals surface area contributed by atoms with E-state index in [4.69, 9.17) is 4.74 Å². The molecule has 2 aromatic heterocycles. The molecule has 1 N–H and O–H groups in total. The molecule has 0 aliphatic carbocycles. The number of H-pyrrole nitrogens is 1. The molecule has 11 heteroatoms. The maximum Gasteiger partial charge on any atom is 0.422 e. The Labute approximate surface area is 151 Å². The molecule has 0 aliphatic rings. The van der Waals surface area contributed by atoms with Gasteiger partial charge in [-0.25, -0.2) is 17.8 Å². The van der Waals surface area contributed by atoms with Crippen molar-refractivity contribution < 1.29 is 30.7 Å². The zero-order valence-corrected chi connectivity index (χ0v) is 14.7. The standard InChI is InChI=1S/C16H13F4N3O3S/c1-9-13(21-5-4-14(9)26-8-16(18,19)20)7-27(24,25)15-22-11-3-2-10(17)6-12(11)23-15/h2-6H,7-8H2,1H3,(H,22,23). The van der Waals surface area contributed by atoms with E-state index in [0.717, 1.165) is 18.3 Å². The quantitative estimate of drug-likeness (QED) is 0.661. The molecular formula is C16H13F4N3O3S. The number of sulfone groups is 1. The maximum atomic E-state index is 13.2. The van der Waals surface area contributed by atoms with Crippen molar-refractivity contribution in [2.24, 2.45) is 0 Å². The van der Waals surface area contributed by atoms with Gasteiger partial charge in [-0.2, -0.15) is 13.2 Å². The molecule has 0 saturated carbocycles. The van der Waals surface area contributed by atoms with Crippen LogP contribution < -0.4 is 4.74 Å². The first kappa shape index (κ1) is 19.1. The highest BCUT2D eigenvalue weighted by Gasteiger charge is 2.29. The van der Waals surface area contributed by atoms with Gasteiger partial charge in [-0.3, -0.25) is 4.98 Å². The lowest BCUT2D eigenvalue weighted by atomic mass is 10.2. The number of pyridine rings is 1. The zero-order valence-electron chi connectivity index (χ0n) is 13.8. The van der Waals surface area contributed by atoms with Crippen LogP contribution in [-0.4, -0.2) is 36.2 Å². The number of hydrogen-bond donors (Lipinski definition) is 1. The van der Waals surface area contributed by atoms with E-state index < -0.39 is 34.2 Å². The molecule has 3 aromatic rings. The SMILES string of the molecule is Cc1c(OCC(F)(F)F)ccnc1CS(=O)(=O)c1nc2ccc(F)cc2[nH]1. The van der Waals surface area contributed by atoms with Crippen LogP contribution in [0.3, 0.4) is 0 Å². The molecule has 2 heterocycles. The van der Waals surface area contributed by atoms with Crippen molar-refractivity contribution in [1.82, 2.24) is 15.0 Å². The predicted molar refractivity (Wildman–Crippen MR) is 87.5 cm³/mol. The smallest absolute Gasteiger partial charge is 0.422 e. The van der Waals surface area contributed by atoms with Crippen LogP contribution in [0.25, 0.3) is 11.0 Å². The second-order valence-electron chi connectivity index (χ2n) is 5.75. The first-order valence-electron chi connectivity index (χ1n) is 7.57. The second-order valence-corrected chi connectivity index (χ2v) is 7.65. The first-order valence-corrected chi connectivity index (χ1v) is 9.22. The van der Waals surface area contributed by atoms with Gasteiger partial charge in [0.2, 0.25) is 15.0 Å². The molecule has 0 aliphatic heterocycles. The maximum absolute atomic E-state index is 13.2. The number of imidazole rings is 1. The van der Waals surface area contributed by atoms with Gasteiger partial charge in [-0.15, -0.1) is 0 Å². The lowest BCUT2D eigenvalue weighted by molar-refractivity contribution is -0.153. The van der Waals surface area contributed by atoms with E-state index in [0.29, 0.717) is 0 Å². The minimum atomic E-state index is -4.52. The number of nitrogens with zero attached hydrogens (tertiary/aromatic N) is 2. The Morgan fingerprint density at radius 2 is 1.96 bits per heavy atom. The van der Waals surface area contributed by atoms with Crippen molar-refractivity contribution in [2.45, 2.75) is 24.0 Å². The summed E-state index contributed by atoms with van der Waals surface area (Å²) < 4.78 is 80.1. The second kappa shape index (κ2) is 6.80. The largest absolute Gasteiger partial charge is 0.484 e. The summed E-state index contributed by atoms with van der Waals surface area (Å²) in [6.45, 7) is -0.0866. The Hall–Kier alpha value is -2.69. The molecule has 0 bridgehead atoms. The highest BCUT2D eigenvalue weighted by Crippen LogP contribution is 2.26. The monoisotopic (exact) mass is 403 g/mol. The molecule has 0 spiro atoms. The molecule has 0 saturated heterocycles. The normalized spacial score (nSPS) is 12.5. The Balaban J connectivity index is 1.88. The summed E-state index contributed by atoms with van der Waals surface area (Å²) >= 11 is 0. The number of halogens is 4. The predicted octanol–water partition coefficient (Wildman–Crippen LogP) is 3.32. The fraction of sp³-hybridized carbons (Fsp3) is 0.250. The van der Waals surface area contributed by atoms with Gasteiger partial charge >= 0.3 is 6.18 Å². The van der Waals surface area contributed by atoms with Crippen LogP contribution in [0, 0.1) is 12.7 Å². The van der Waals surface area contributed by atoms with E-state index in [-0.39, 0.29) is 33.2 Å². The van der Waals surface area contributed by atoms with E-state index in [9.17, 15) is 26.0 Å². The Bertz CT molecular complexity index is 1090. The lowest BCUT2D eigenvalue weighted by Gasteiger charge is -2.13. The number of aromatic amines is 1. The summed E-state index contributed by atoms with van der Waals surface area (Å²) in [5.41, 5.74) is 0.677. The molecule has 0 unspecified atom stereocenters. The molecule has 27 heavy (non-hydrogen) atoms. The van der Waals surface area contributed by atoms with E-state index in [1.165, 1.54) is 19.1 Å². The lowest BCUT2D eigenvalue weighted by Crippen LogP contribution is -2.20. The number of ether oxygens (including phenoxy) is 1. The highest BCUT2D eigenvalue weighted by molar-refractivity contribution is 7.90. The molecule has 0 amide bonds. The average Bonchev–Trinajstić information content (AvgIpc) is 2.99. The third-order valence-corrected chi connectivity index (χ3v) is 5.13. The van der Waals surface area contributed by atoms with Crippen LogP contribution >= 0.6 is 0 Å². The third kappa shape index (κ3) is 4.35. The van der Waals surface area contributed by atoms with Crippen molar-refractivity contribution in [3.8, 4) is 5.75 Å². The van der Waals surface area contributed by atoms with E-state index >= 15 is 0 Å². The Morgan fingerprint density at radius 1 is 1.22 bits per heavy atom. The molecule has 3 rings (SSSR count). The topological polar surface area (TPSA) is 84.9 Å². The summed E-state index contributed by atoms with van der Waals surface area (Å²) in [5.74, 6) is -1.27. The van der Waals surface area contributed by atoms with Gasteiger partial charge < -0.3 is 9.72 Å². The number of rotatable bonds is 5. The summed E-state index contributed by atoms with van der Waals surface area (Å²) in [7, 11) is -4.00. The molecule has 0 atom stereocenters. The summed E-state index contributed by atoms with van der Waals surface area (Å²) in [6, 6.07) is 4.81. The van der Waals surface area contributed by atoms with Crippen LogP contribution in [-0.2, 0) is 15.6 Å². The van der Waals surface area contributed by atoms with E-state index in [2.05, 4.69) is 15.0 Å². The fourth-order valence-corrected chi connectivity index (χ4v) is 3.67. The number of fused-ring (bicyclic) bond motifs is 1.